The van der Waals surface area contributed by atoms with Crippen molar-refractivity contribution in [2.24, 2.45) is 0 Å². The number of nitrogens with one attached hydrogen (secondary N) is 1. The zero-order valence-corrected chi connectivity index (χ0v) is 12.1. The summed E-state index contributed by atoms with van der Waals surface area (Å²) in [4.78, 5) is 26.8. The first kappa shape index (κ1) is 12.2. The van der Waals surface area contributed by atoms with Gasteiger partial charge in [0.2, 0.25) is 5.91 Å². The first-order valence-corrected chi connectivity index (χ1v) is 7.64. The molecule has 1 fully saturated rings. The second-order valence-electron chi connectivity index (χ2n) is 4.64. The molecule has 0 unspecified atom stereocenters. The second kappa shape index (κ2) is 4.66. The minimum Gasteiger partial charge on any atom is -0.354 e. The summed E-state index contributed by atoms with van der Waals surface area (Å²) in [5.74, 6) is -0.00202. The number of fused-ring (bicyclic) bond motifs is 1. The van der Waals surface area contributed by atoms with Crippen molar-refractivity contribution in [1.82, 2.24) is 10.2 Å². The van der Waals surface area contributed by atoms with Gasteiger partial charge in [-0.05, 0) is 46.8 Å². The van der Waals surface area contributed by atoms with E-state index in [0.717, 1.165) is 40.0 Å². The molecule has 0 aromatic carbocycles. The molecule has 1 N–H and O–H groups in total. The highest BCUT2D eigenvalue weighted by molar-refractivity contribution is 9.11. The Labute approximate surface area is 117 Å². The van der Waals surface area contributed by atoms with Gasteiger partial charge in [0.05, 0.1) is 8.66 Å². The van der Waals surface area contributed by atoms with E-state index in [1.807, 2.05) is 6.07 Å². The molecule has 0 saturated carbocycles. The van der Waals surface area contributed by atoms with Gasteiger partial charge >= 0.3 is 0 Å². The van der Waals surface area contributed by atoms with Crippen LogP contribution >= 0.6 is 27.3 Å². The summed E-state index contributed by atoms with van der Waals surface area (Å²) >= 11 is 4.85. The van der Waals surface area contributed by atoms with Crippen LogP contribution in [0.25, 0.3) is 0 Å². The molecule has 4 nitrogen and oxygen atoms in total. The summed E-state index contributed by atoms with van der Waals surface area (Å²) in [6.07, 6.45) is 2.76. The van der Waals surface area contributed by atoms with Gasteiger partial charge in [0.15, 0.2) is 0 Å². The van der Waals surface area contributed by atoms with Crippen LogP contribution in [0, 0.1) is 0 Å². The minimum absolute atomic E-state index is 0.00255. The fraction of sp³-hybridized carbons (Fsp3) is 0.500. The lowest BCUT2D eigenvalue weighted by Crippen LogP contribution is -2.45. The molecule has 2 aliphatic rings. The van der Waals surface area contributed by atoms with Crippen LogP contribution in [0.1, 0.15) is 34.5 Å². The van der Waals surface area contributed by atoms with Crippen molar-refractivity contribution in [3.63, 3.8) is 0 Å². The van der Waals surface area contributed by atoms with Crippen LogP contribution < -0.4 is 5.32 Å². The number of rotatable bonds is 1. The SMILES string of the molecule is O=C1NCCCC[C@@H]1N1Cc2cc(Br)sc2C1=O. The molecule has 1 aromatic heterocycles. The molecule has 1 saturated heterocycles. The van der Waals surface area contributed by atoms with Crippen LogP contribution in [-0.2, 0) is 11.3 Å². The van der Waals surface area contributed by atoms with E-state index in [0.29, 0.717) is 6.54 Å². The summed E-state index contributed by atoms with van der Waals surface area (Å²) in [5.41, 5.74) is 1.04. The van der Waals surface area contributed by atoms with Crippen molar-refractivity contribution in [3.8, 4) is 0 Å². The minimum atomic E-state index is -0.293. The van der Waals surface area contributed by atoms with E-state index in [-0.39, 0.29) is 17.9 Å². The highest BCUT2D eigenvalue weighted by Gasteiger charge is 2.37. The summed E-state index contributed by atoms with van der Waals surface area (Å²) in [6, 6.07) is 1.69. The molecule has 2 aliphatic heterocycles. The molecule has 1 atom stereocenters. The van der Waals surface area contributed by atoms with Crippen LogP contribution in [-0.4, -0.2) is 29.3 Å². The van der Waals surface area contributed by atoms with Crippen LogP contribution in [0.3, 0.4) is 0 Å². The lowest BCUT2D eigenvalue weighted by molar-refractivity contribution is -0.125. The first-order valence-electron chi connectivity index (χ1n) is 6.03. The zero-order chi connectivity index (χ0) is 12.7. The summed E-state index contributed by atoms with van der Waals surface area (Å²) in [7, 11) is 0. The standard InChI is InChI=1S/C12H13BrN2O2S/c13-9-5-7-6-15(12(17)10(7)18-9)8-3-1-2-4-14-11(8)16/h5,8H,1-4,6H2,(H,14,16)/t8-/m0/s1. The van der Waals surface area contributed by atoms with E-state index in [4.69, 9.17) is 0 Å². The summed E-state index contributed by atoms with van der Waals surface area (Å²) in [6.45, 7) is 1.29. The predicted molar refractivity (Wildman–Crippen MR) is 72.5 cm³/mol. The third-order valence-electron chi connectivity index (χ3n) is 3.46. The Hall–Kier alpha value is -0.880. The highest BCUT2D eigenvalue weighted by Crippen LogP contribution is 2.35. The van der Waals surface area contributed by atoms with Gasteiger partial charge in [-0.1, -0.05) is 0 Å². The van der Waals surface area contributed by atoms with Crippen LogP contribution in [0.15, 0.2) is 9.85 Å². The first-order chi connectivity index (χ1) is 8.66. The monoisotopic (exact) mass is 328 g/mol. The van der Waals surface area contributed by atoms with Gasteiger partial charge in [-0.3, -0.25) is 9.59 Å². The van der Waals surface area contributed by atoms with E-state index in [2.05, 4.69) is 21.2 Å². The van der Waals surface area contributed by atoms with Crippen molar-refractivity contribution >= 4 is 39.1 Å². The topological polar surface area (TPSA) is 49.4 Å². The number of carbonyl (C=O) groups excluding carboxylic acids is 2. The van der Waals surface area contributed by atoms with Gasteiger partial charge in [-0.15, -0.1) is 11.3 Å². The molecule has 3 rings (SSSR count). The quantitative estimate of drug-likeness (QED) is 0.858. The average Bonchev–Trinajstić information content (AvgIpc) is 2.73. The lowest BCUT2D eigenvalue weighted by atomic mass is 10.1. The third kappa shape index (κ3) is 1.97. The molecule has 96 valence electrons. The predicted octanol–water partition coefficient (Wildman–Crippen LogP) is 2.14. The van der Waals surface area contributed by atoms with E-state index in [9.17, 15) is 9.59 Å². The molecule has 2 amide bonds. The Morgan fingerprint density at radius 2 is 2.22 bits per heavy atom. The van der Waals surface area contributed by atoms with Crippen LogP contribution in [0.4, 0.5) is 0 Å². The smallest absolute Gasteiger partial charge is 0.265 e. The Kier molecular flexibility index (Phi) is 3.15. The zero-order valence-electron chi connectivity index (χ0n) is 9.74. The Balaban J connectivity index is 1.84. The molecule has 0 aliphatic carbocycles. The fourth-order valence-electron chi connectivity index (χ4n) is 2.55. The summed E-state index contributed by atoms with van der Waals surface area (Å²) < 4.78 is 0.978. The van der Waals surface area contributed by atoms with Gasteiger partial charge in [0.1, 0.15) is 6.04 Å². The number of halogens is 1. The fourth-order valence-corrected chi connectivity index (χ4v) is 4.17. The molecule has 18 heavy (non-hydrogen) atoms. The van der Waals surface area contributed by atoms with E-state index < -0.39 is 0 Å². The van der Waals surface area contributed by atoms with Crippen molar-refractivity contribution < 1.29 is 9.59 Å². The molecule has 0 spiro atoms. The van der Waals surface area contributed by atoms with Gasteiger partial charge in [0.25, 0.3) is 5.91 Å². The van der Waals surface area contributed by atoms with E-state index in [1.165, 1.54) is 11.3 Å². The van der Waals surface area contributed by atoms with Gasteiger partial charge in [0, 0.05) is 13.1 Å². The van der Waals surface area contributed by atoms with Gasteiger partial charge < -0.3 is 10.2 Å². The molecule has 3 heterocycles. The number of nitrogens with zero attached hydrogens (tertiary/aromatic N) is 1. The third-order valence-corrected chi connectivity index (χ3v) is 5.13. The molecule has 1 aromatic rings. The van der Waals surface area contributed by atoms with E-state index >= 15 is 0 Å². The number of amides is 2. The maximum absolute atomic E-state index is 12.3. The largest absolute Gasteiger partial charge is 0.354 e. The Morgan fingerprint density at radius 1 is 1.39 bits per heavy atom. The normalized spacial score (nSPS) is 23.8. The molecular formula is C12H13BrN2O2S. The number of hydrogen-bond acceptors (Lipinski definition) is 3. The maximum atomic E-state index is 12.3. The number of carbonyl (C=O) groups is 2. The van der Waals surface area contributed by atoms with Gasteiger partial charge in [-0.2, -0.15) is 0 Å². The number of thiophene rings is 1. The lowest BCUT2D eigenvalue weighted by Gasteiger charge is -2.25. The number of hydrogen-bond donors (Lipinski definition) is 1. The molecule has 0 bridgehead atoms. The summed E-state index contributed by atoms with van der Waals surface area (Å²) in [5, 5.41) is 2.88. The van der Waals surface area contributed by atoms with Crippen LogP contribution in [0.2, 0.25) is 0 Å². The average molecular weight is 329 g/mol. The van der Waals surface area contributed by atoms with Crippen molar-refractivity contribution in [3.05, 3.63) is 20.3 Å². The highest BCUT2D eigenvalue weighted by atomic mass is 79.9. The van der Waals surface area contributed by atoms with E-state index in [1.54, 1.807) is 4.90 Å². The molecular weight excluding hydrogens is 316 g/mol. The molecule has 0 radical (unpaired) electrons. The van der Waals surface area contributed by atoms with Crippen molar-refractivity contribution in [2.45, 2.75) is 31.8 Å². The Bertz CT molecular complexity index is 514. The molecule has 6 heteroatoms. The second-order valence-corrected chi connectivity index (χ2v) is 7.07. The van der Waals surface area contributed by atoms with Gasteiger partial charge in [-0.25, -0.2) is 0 Å². The Morgan fingerprint density at radius 3 is 3.00 bits per heavy atom. The van der Waals surface area contributed by atoms with Crippen LogP contribution in [0.5, 0.6) is 0 Å². The van der Waals surface area contributed by atoms with Crippen molar-refractivity contribution in [2.75, 3.05) is 6.54 Å². The van der Waals surface area contributed by atoms with Crippen molar-refractivity contribution in [1.29, 1.82) is 0 Å². The maximum Gasteiger partial charge on any atom is 0.265 e.